The summed E-state index contributed by atoms with van der Waals surface area (Å²) in [5, 5.41) is 9.99. The fourth-order valence-corrected chi connectivity index (χ4v) is 6.72. The van der Waals surface area contributed by atoms with Crippen molar-refractivity contribution in [3.05, 3.63) is 40.7 Å². The van der Waals surface area contributed by atoms with E-state index in [0.717, 1.165) is 4.90 Å². The van der Waals surface area contributed by atoms with E-state index in [1.165, 1.54) is 31.1 Å². The number of alkyl halides is 4. The van der Waals surface area contributed by atoms with E-state index in [0.29, 0.717) is 0 Å². The largest absolute Gasteiger partial charge is 0.453 e. The van der Waals surface area contributed by atoms with Crippen LogP contribution in [-0.2, 0) is 9.53 Å². The second kappa shape index (κ2) is 11.8. The molecule has 6 rings (SSSR count). The molecule has 2 aromatic heterocycles. The van der Waals surface area contributed by atoms with Crippen LogP contribution in [0.1, 0.15) is 71.6 Å². The molecule has 2 N–H and O–H groups in total. The zero-order valence-electron chi connectivity index (χ0n) is 25.0. The highest BCUT2D eigenvalue weighted by Gasteiger charge is 2.50. The van der Waals surface area contributed by atoms with Gasteiger partial charge >= 0.3 is 6.09 Å². The monoisotopic (exact) mass is 653 g/mol. The van der Waals surface area contributed by atoms with Gasteiger partial charge in [0, 0.05) is 37.8 Å². The van der Waals surface area contributed by atoms with Crippen molar-refractivity contribution in [1.82, 2.24) is 35.4 Å². The van der Waals surface area contributed by atoms with E-state index in [1.54, 1.807) is 0 Å². The smallest absolute Gasteiger partial charge is 0.409 e. The fraction of sp³-hybridized carbons (Fsp3) is 0.586. The van der Waals surface area contributed by atoms with Gasteiger partial charge in [-0.2, -0.15) is 0 Å². The van der Waals surface area contributed by atoms with Crippen LogP contribution in [-0.4, -0.2) is 93.1 Å². The van der Waals surface area contributed by atoms with Gasteiger partial charge in [-0.05, 0) is 48.9 Å². The molecule has 3 atom stereocenters. The molecule has 3 aromatic rings. The lowest BCUT2D eigenvalue weighted by molar-refractivity contribution is -0.171. The van der Waals surface area contributed by atoms with E-state index in [2.05, 4.69) is 30.2 Å². The van der Waals surface area contributed by atoms with Crippen molar-refractivity contribution in [2.24, 2.45) is 11.8 Å². The number of methoxy groups -OCH3 is 1. The molecule has 0 bridgehead atoms. The molecule has 3 fully saturated rings. The Morgan fingerprint density at radius 2 is 1.78 bits per heavy atom. The van der Waals surface area contributed by atoms with E-state index >= 15 is 4.39 Å². The SMILES string of the molecule is COC(=O)N1CC[C@H](C(=O)N2CC(F)(F)C2)[C@H](c2ccc3[nH]c(C(NC(=O)c4nonc4C)C4CCC(F)(F)CC4)nc3c2F)C1. The molecule has 17 heteroatoms. The number of amides is 3. The summed E-state index contributed by atoms with van der Waals surface area (Å²) in [5.74, 6) is -10.0. The van der Waals surface area contributed by atoms with E-state index in [9.17, 15) is 31.9 Å². The van der Waals surface area contributed by atoms with Gasteiger partial charge in [0.25, 0.3) is 11.8 Å². The highest BCUT2D eigenvalue weighted by molar-refractivity contribution is 5.93. The number of aryl methyl sites for hydroxylation is 1. The summed E-state index contributed by atoms with van der Waals surface area (Å²) in [5.41, 5.74) is 0.267. The number of hydrogen-bond donors (Lipinski definition) is 2. The summed E-state index contributed by atoms with van der Waals surface area (Å²) in [7, 11) is 1.19. The molecule has 0 spiro atoms. The van der Waals surface area contributed by atoms with Crippen LogP contribution in [0.15, 0.2) is 16.8 Å². The molecule has 2 aliphatic heterocycles. The lowest BCUT2D eigenvalue weighted by atomic mass is 9.79. The number of ether oxygens (including phenoxy) is 1. The highest BCUT2D eigenvalue weighted by Crippen LogP contribution is 2.43. The van der Waals surface area contributed by atoms with Crippen molar-refractivity contribution in [1.29, 1.82) is 0 Å². The number of rotatable bonds is 6. The molecule has 1 aromatic carbocycles. The zero-order chi connectivity index (χ0) is 33.0. The van der Waals surface area contributed by atoms with Gasteiger partial charge in [0.1, 0.15) is 17.0 Å². The first kappa shape index (κ1) is 31.7. The maximum absolute atomic E-state index is 16.4. The number of carbonyl (C=O) groups is 3. The van der Waals surface area contributed by atoms with Crippen LogP contribution in [0.25, 0.3) is 11.0 Å². The first-order valence-electron chi connectivity index (χ1n) is 14.9. The van der Waals surface area contributed by atoms with Crippen molar-refractivity contribution in [2.45, 2.75) is 62.8 Å². The number of likely N-dealkylation sites (tertiary alicyclic amines) is 2. The molecule has 0 radical (unpaired) electrons. The number of aromatic amines is 1. The van der Waals surface area contributed by atoms with Crippen LogP contribution >= 0.6 is 0 Å². The van der Waals surface area contributed by atoms with Crippen molar-refractivity contribution in [3.63, 3.8) is 0 Å². The van der Waals surface area contributed by atoms with Crippen LogP contribution in [0.3, 0.4) is 0 Å². The molecule has 2 saturated heterocycles. The molecule has 4 heterocycles. The summed E-state index contributed by atoms with van der Waals surface area (Å²) < 4.78 is 81.1. The Labute approximate surface area is 259 Å². The van der Waals surface area contributed by atoms with Gasteiger partial charge in [-0.15, -0.1) is 0 Å². The number of imidazole rings is 1. The Bertz CT molecular complexity index is 1640. The number of piperidine rings is 1. The molecule has 46 heavy (non-hydrogen) atoms. The molecule has 3 amide bonds. The number of hydrogen-bond acceptors (Lipinski definition) is 8. The van der Waals surface area contributed by atoms with Crippen LogP contribution in [0.5, 0.6) is 0 Å². The lowest BCUT2D eigenvalue weighted by Gasteiger charge is -2.44. The van der Waals surface area contributed by atoms with Crippen LogP contribution in [0.4, 0.5) is 26.7 Å². The third-order valence-corrected chi connectivity index (χ3v) is 9.24. The summed E-state index contributed by atoms with van der Waals surface area (Å²) in [4.78, 5) is 48.6. The normalized spacial score (nSPS) is 23.5. The molecule has 1 unspecified atom stereocenters. The van der Waals surface area contributed by atoms with E-state index in [4.69, 9.17) is 4.74 Å². The lowest BCUT2D eigenvalue weighted by Crippen LogP contribution is -2.61. The Morgan fingerprint density at radius 3 is 2.41 bits per heavy atom. The molecule has 12 nitrogen and oxygen atoms in total. The van der Waals surface area contributed by atoms with Gasteiger partial charge < -0.3 is 24.8 Å². The van der Waals surface area contributed by atoms with Crippen LogP contribution in [0.2, 0.25) is 0 Å². The number of carbonyl (C=O) groups excluding carboxylic acids is 3. The van der Waals surface area contributed by atoms with Gasteiger partial charge in [-0.25, -0.2) is 36.4 Å². The Balaban J connectivity index is 1.34. The van der Waals surface area contributed by atoms with Gasteiger partial charge in [-0.1, -0.05) is 11.2 Å². The number of nitrogens with one attached hydrogen (secondary N) is 2. The van der Waals surface area contributed by atoms with Crippen molar-refractivity contribution < 1.29 is 45.7 Å². The third-order valence-electron chi connectivity index (χ3n) is 9.24. The van der Waals surface area contributed by atoms with Crippen LogP contribution in [0, 0.1) is 24.6 Å². The summed E-state index contributed by atoms with van der Waals surface area (Å²) in [6.07, 6.45) is -1.26. The molecular weight excluding hydrogens is 621 g/mol. The molecule has 248 valence electrons. The molecular formula is C29H32F5N7O5. The Morgan fingerprint density at radius 1 is 1.07 bits per heavy atom. The fourth-order valence-electron chi connectivity index (χ4n) is 6.72. The Hall–Kier alpha value is -4.31. The maximum Gasteiger partial charge on any atom is 0.409 e. The average Bonchev–Trinajstić information content (AvgIpc) is 3.64. The van der Waals surface area contributed by atoms with E-state index in [1.807, 2.05) is 0 Å². The first-order chi connectivity index (χ1) is 21.8. The average molecular weight is 654 g/mol. The minimum atomic E-state index is -2.99. The maximum atomic E-state index is 16.4. The summed E-state index contributed by atoms with van der Waals surface area (Å²) in [6, 6.07) is 2.04. The second-order valence-electron chi connectivity index (χ2n) is 12.3. The van der Waals surface area contributed by atoms with Crippen molar-refractivity contribution >= 4 is 28.9 Å². The summed E-state index contributed by atoms with van der Waals surface area (Å²) in [6.45, 7) is 0.0573. The summed E-state index contributed by atoms with van der Waals surface area (Å²) >= 11 is 0. The van der Waals surface area contributed by atoms with Crippen LogP contribution < -0.4 is 5.32 Å². The van der Waals surface area contributed by atoms with Gasteiger partial charge in [-0.3, -0.25) is 9.59 Å². The van der Waals surface area contributed by atoms with Crippen molar-refractivity contribution in [2.75, 3.05) is 33.3 Å². The number of benzene rings is 1. The highest BCUT2D eigenvalue weighted by atomic mass is 19.3. The Kier molecular flexibility index (Phi) is 8.13. The number of aromatic nitrogens is 4. The number of halogens is 5. The van der Waals surface area contributed by atoms with E-state index < -0.39 is 85.3 Å². The second-order valence-corrected chi connectivity index (χ2v) is 12.3. The molecule has 1 aliphatic carbocycles. The van der Waals surface area contributed by atoms with Gasteiger partial charge in [0.05, 0.1) is 31.8 Å². The van der Waals surface area contributed by atoms with Gasteiger partial charge in [0.2, 0.25) is 11.8 Å². The zero-order valence-corrected chi connectivity index (χ0v) is 25.0. The van der Waals surface area contributed by atoms with Gasteiger partial charge in [0.15, 0.2) is 11.5 Å². The molecule has 1 saturated carbocycles. The van der Waals surface area contributed by atoms with Crippen molar-refractivity contribution in [3.8, 4) is 0 Å². The third kappa shape index (κ3) is 5.98. The number of H-pyrrole nitrogens is 1. The molecule has 3 aliphatic rings. The predicted molar refractivity (Wildman–Crippen MR) is 149 cm³/mol. The quantitative estimate of drug-likeness (QED) is 0.374. The van der Waals surface area contributed by atoms with E-state index in [-0.39, 0.29) is 66.2 Å². The minimum Gasteiger partial charge on any atom is -0.453 e. The standard InChI is InChI=1S/C29H32F5N7O5/c1-14-21(39-46-38-14)25(42)37-22(15-5-8-28(31,32)9-6-15)24-35-19-4-3-16(20(30)23(19)36-24)18-11-40(27(44)45-2)10-7-17(18)26(43)41-12-29(33,34)13-41/h3-4,15,17-18,22H,5-13H2,1-2H3,(H,35,36)(H,37,42)/t17-,18-,22?/m0/s1. The minimum absolute atomic E-state index is 0.0481. The predicted octanol–water partition coefficient (Wildman–Crippen LogP) is 4.34. The topological polar surface area (TPSA) is 147 Å². The number of nitrogens with zero attached hydrogens (tertiary/aromatic N) is 5. The number of fused-ring (bicyclic) bond motifs is 1. The first-order valence-corrected chi connectivity index (χ1v) is 14.9.